The van der Waals surface area contributed by atoms with Crippen molar-refractivity contribution < 1.29 is 0 Å². The van der Waals surface area contributed by atoms with E-state index in [2.05, 4.69) is 59.1 Å². The molecule has 1 nitrogen and oxygen atoms in total. The van der Waals surface area contributed by atoms with Gasteiger partial charge in [0.1, 0.15) is 0 Å². The molecule has 14 heavy (non-hydrogen) atoms. The molecule has 0 aliphatic rings. The Hall–Kier alpha value is -0.370. The average Bonchev–Trinajstić information content (AvgIpc) is 2.14. The minimum atomic E-state index is 0.433. The zero-order valence-electron chi connectivity index (χ0n) is 10.0. The number of allylic oxidation sites excluding steroid dienone is 1. The maximum absolute atomic E-state index is 4.25. The Labute approximate surface area is 94.1 Å². The molecule has 2 heteroatoms. The maximum atomic E-state index is 4.25. The molecule has 0 heterocycles. The molecular formula is C12H23NS. The third kappa shape index (κ3) is 4.23. The summed E-state index contributed by atoms with van der Waals surface area (Å²) in [6.45, 7) is 14.6. The summed E-state index contributed by atoms with van der Waals surface area (Å²) in [6.07, 6.45) is 0. The van der Waals surface area contributed by atoms with Crippen LogP contribution in [-0.4, -0.2) is 11.8 Å². The smallest absolute Gasteiger partial charge is 0.0292 e. The molecule has 2 atom stereocenters. The van der Waals surface area contributed by atoms with E-state index in [4.69, 9.17) is 0 Å². The summed E-state index contributed by atoms with van der Waals surface area (Å²) in [7, 11) is 0. The third-order valence-electron chi connectivity index (χ3n) is 2.85. The molecule has 1 N–H and O–H groups in total. The molecule has 0 spiro atoms. The van der Waals surface area contributed by atoms with Gasteiger partial charge in [0.05, 0.1) is 0 Å². The van der Waals surface area contributed by atoms with E-state index in [-0.39, 0.29) is 0 Å². The Morgan fingerprint density at radius 1 is 1.29 bits per heavy atom. The predicted molar refractivity (Wildman–Crippen MR) is 68.8 cm³/mol. The third-order valence-corrected chi connectivity index (χ3v) is 3.32. The van der Waals surface area contributed by atoms with Crippen LogP contribution in [0.3, 0.4) is 0 Å². The largest absolute Gasteiger partial charge is 0.386 e. The molecule has 0 fully saturated rings. The van der Waals surface area contributed by atoms with Gasteiger partial charge in [0, 0.05) is 17.5 Å². The minimum Gasteiger partial charge on any atom is -0.386 e. The van der Waals surface area contributed by atoms with Gasteiger partial charge in [0.2, 0.25) is 0 Å². The van der Waals surface area contributed by atoms with Gasteiger partial charge >= 0.3 is 0 Å². The zero-order valence-corrected chi connectivity index (χ0v) is 10.9. The van der Waals surface area contributed by atoms with Crippen LogP contribution in [0.5, 0.6) is 0 Å². The van der Waals surface area contributed by atoms with Crippen molar-refractivity contribution in [3.05, 3.63) is 23.4 Å². The lowest BCUT2D eigenvalue weighted by Gasteiger charge is -2.24. The van der Waals surface area contributed by atoms with Crippen LogP contribution in [0.1, 0.15) is 34.6 Å². The fraction of sp³-hybridized carbons (Fsp3) is 0.667. The Morgan fingerprint density at radius 3 is 2.14 bits per heavy atom. The van der Waals surface area contributed by atoms with E-state index in [1.165, 1.54) is 16.8 Å². The topological polar surface area (TPSA) is 12.0 Å². The highest BCUT2D eigenvalue weighted by molar-refractivity contribution is 7.80. The lowest BCUT2D eigenvalue weighted by Crippen LogP contribution is -2.31. The van der Waals surface area contributed by atoms with Gasteiger partial charge < -0.3 is 5.32 Å². The van der Waals surface area contributed by atoms with Gasteiger partial charge in [-0.25, -0.2) is 0 Å². The molecule has 0 aromatic rings. The summed E-state index contributed by atoms with van der Waals surface area (Å²) >= 11 is 4.25. The summed E-state index contributed by atoms with van der Waals surface area (Å²) in [5, 5.41) is 3.48. The minimum absolute atomic E-state index is 0.433. The van der Waals surface area contributed by atoms with Crippen LogP contribution in [0.15, 0.2) is 23.4 Å². The van der Waals surface area contributed by atoms with Crippen molar-refractivity contribution >= 4 is 12.6 Å². The molecule has 0 rings (SSSR count). The molecule has 0 saturated carbocycles. The van der Waals surface area contributed by atoms with E-state index in [0.29, 0.717) is 12.0 Å². The number of hydrogen-bond acceptors (Lipinski definition) is 2. The van der Waals surface area contributed by atoms with Gasteiger partial charge in [-0.05, 0) is 39.2 Å². The fourth-order valence-electron chi connectivity index (χ4n) is 1.14. The number of hydrogen-bond donors (Lipinski definition) is 2. The van der Waals surface area contributed by atoms with Crippen LogP contribution >= 0.6 is 12.6 Å². The van der Waals surface area contributed by atoms with Gasteiger partial charge in [0.25, 0.3) is 0 Å². The first-order valence-electron chi connectivity index (χ1n) is 5.09. The summed E-state index contributed by atoms with van der Waals surface area (Å²) < 4.78 is 0. The van der Waals surface area contributed by atoms with Crippen LogP contribution in [0.4, 0.5) is 0 Å². The Bertz CT molecular complexity index is 230. The standard InChI is InChI=1S/C12H23NS/c1-8(2)10(4)12(6)13-11(5)9(3)7-14/h10,12-14H,1,7H2,2-6H3/b11-9-. The quantitative estimate of drug-likeness (QED) is 0.527. The number of thiol groups is 1. The second kappa shape index (κ2) is 6.18. The predicted octanol–water partition coefficient (Wildman–Crippen LogP) is 3.40. The fourth-order valence-corrected chi connectivity index (χ4v) is 1.37. The molecule has 0 aliphatic heterocycles. The normalized spacial score (nSPS) is 17.0. The van der Waals surface area contributed by atoms with Crippen LogP contribution < -0.4 is 5.32 Å². The summed E-state index contributed by atoms with van der Waals surface area (Å²) in [6, 6.07) is 0.433. The Kier molecular flexibility index (Phi) is 6.01. The Morgan fingerprint density at radius 2 is 1.79 bits per heavy atom. The highest BCUT2D eigenvalue weighted by Gasteiger charge is 2.12. The van der Waals surface area contributed by atoms with Crippen molar-refractivity contribution in [2.24, 2.45) is 5.92 Å². The maximum Gasteiger partial charge on any atom is 0.0292 e. The summed E-state index contributed by atoms with van der Waals surface area (Å²) in [5.41, 5.74) is 3.76. The second-order valence-electron chi connectivity index (χ2n) is 4.13. The van der Waals surface area contributed by atoms with Gasteiger partial charge in [0.15, 0.2) is 0 Å². The SMILES string of the molecule is C=C(C)C(C)C(C)N/C(C)=C(/C)CS. The first kappa shape index (κ1) is 13.6. The zero-order chi connectivity index (χ0) is 11.3. The number of nitrogens with one attached hydrogen (secondary N) is 1. The molecule has 0 amide bonds. The lowest BCUT2D eigenvalue weighted by atomic mass is 9.96. The first-order valence-corrected chi connectivity index (χ1v) is 5.72. The van der Waals surface area contributed by atoms with Gasteiger partial charge in [-0.2, -0.15) is 12.6 Å². The van der Waals surface area contributed by atoms with E-state index in [0.717, 1.165) is 5.75 Å². The van der Waals surface area contributed by atoms with E-state index in [1.54, 1.807) is 0 Å². The van der Waals surface area contributed by atoms with E-state index in [1.807, 2.05) is 0 Å². The number of rotatable bonds is 5. The molecule has 0 saturated heterocycles. The van der Waals surface area contributed by atoms with Crippen molar-refractivity contribution in [2.75, 3.05) is 5.75 Å². The average molecular weight is 213 g/mol. The highest BCUT2D eigenvalue weighted by atomic mass is 32.1. The Balaban J connectivity index is 4.32. The molecular weight excluding hydrogens is 190 g/mol. The molecule has 0 aromatic carbocycles. The highest BCUT2D eigenvalue weighted by Crippen LogP contribution is 2.14. The molecule has 82 valence electrons. The van der Waals surface area contributed by atoms with Gasteiger partial charge in [-0.3, -0.25) is 0 Å². The van der Waals surface area contributed by atoms with E-state index >= 15 is 0 Å². The van der Waals surface area contributed by atoms with Crippen LogP contribution in [0.25, 0.3) is 0 Å². The van der Waals surface area contributed by atoms with Crippen molar-refractivity contribution in [1.82, 2.24) is 5.32 Å². The first-order chi connectivity index (χ1) is 6.40. The van der Waals surface area contributed by atoms with Gasteiger partial charge in [-0.1, -0.05) is 19.1 Å². The van der Waals surface area contributed by atoms with E-state index < -0.39 is 0 Å². The van der Waals surface area contributed by atoms with Crippen LogP contribution in [0.2, 0.25) is 0 Å². The summed E-state index contributed by atoms with van der Waals surface area (Å²) in [5.74, 6) is 1.31. The second-order valence-corrected chi connectivity index (χ2v) is 4.45. The monoisotopic (exact) mass is 213 g/mol. The molecule has 0 bridgehead atoms. The van der Waals surface area contributed by atoms with Crippen LogP contribution in [0, 0.1) is 5.92 Å². The van der Waals surface area contributed by atoms with Crippen LogP contribution in [-0.2, 0) is 0 Å². The van der Waals surface area contributed by atoms with Crippen molar-refractivity contribution in [1.29, 1.82) is 0 Å². The van der Waals surface area contributed by atoms with Crippen molar-refractivity contribution in [2.45, 2.75) is 40.7 Å². The summed E-state index contributed by atoms with van der Waals surface area (Å²) in [4.78, 5) is 0. The lowest BCUT2D eigenvalue weighted by molar-refractivity contribution is 0.480. The van der Waals surface area contributed by atoms with Gasteiger partial charge in [-0.15, -0.1) is 0 Å². The molecule has 0 radical (unpaired) electrons. The van der Waals surface area contributed by atoms with Crippen molar-refractivity contribution in [3.63, 3.8) is 0 Å². The van der Waals surface area contributed by atoms with Crippen molar-refractivity contribution in [3.8, 4) is 0 Å². The molecule has 0 aromatic heterocycles. The molecule has 2 unspecified atom stereocenters. The van der Waals surface area contributed by atoms with E-state index in [9.17, 15) is 0 Å². The molecule has 0 aliphatic carbocycles.